The summed E-state index contributed by atoms with van der Waals surface area (Å²) in [5.41, 5.74) is 8.86. The summed E-state index contributed by atoms with van der Waals surface area (Å²) in [6, 6.07) is 3.84. The molecule has 1 aliphatic heterocycles. The number of aromatic nitrogens is 1. The van der Waals surface area contributed by atoms with Crippen molar-refractivity contribution in [2.75, 3.05) is 12.5 Å². The van der Waals surface area contributed by atoms with Gasteiger partial charge in [0.1, 0.15) is 5.82 Å². The molecule has 0 amide bonds. The van der Waals surface area contributed by atoms with E-state index in [-0.39, 0.29) is 6.79 Å². The number of fused-ring (bicyclic) bond motifs is 2. The van der Waals surface area contributed by atoms with Gasteiger partial charge in [-0.1, -0.05) is 0 Å². The van der Waals surface area contributed by atoms with E-state index in [9.17, 15) is 0 Å². The number of hydrogen-bond donors (Lipinski definition) is 1. The van der Waals surface area contributed by atoms with Crippen LogP contribution < -0.4 is 15.2 Å². The Morgan fingerprint density at radius 2 is 1.81 bits per heavy atom. The van der Waals surface area contributed by atoms with Crippen LogP contribution in [-0.2, 0) is 0 Å². The molecule has 1 aromatic heterocycles. The monoisotopic (exact) mass is 216 g/mol. The van der Waals surface area contributed by atoms with E-state index >= 15 is 0 Å². The van der Waals surface area contributed by atoms with Crippen molar-refractivity contribution >= 4 is 16.7 Å². The third-order valence-electron chi connectivity index (χ3n) is 3.08. The maximum Gasteiger partial charge on any atom is 0.231 e. The van der Waals surface area contributed by atoms with Crippen molar-refractivity contribution in [3.8, 4) is 11.5 Å². The van der Waals surface area contributed by atoms with Crippen LogP contribution in [0.25, 0.3) is 10.9 Å². The number of pyridine rings is 1. The van der Waals surface area contributed by atoms with Crippen molar-refractivity contribution < 1.29 is 9.47 Å². The maximum absolute atomic E-state index is 5.85. The first-order valence-corrected chi connectivity index (χ1v) is 5.13. The Morgan fingerprint density at radius 1 is 1.12 bits per heavy atom. The summed E-state index contributed by atoms with van der Waals surface area (Å²) in [6.45, 7) is 4.29. The molecule has 0 aliphatic carbocycles. The molecule has 0 saturated carbocycles. The number of aryl methyl sites for hydroxylation is 1. The highest BCUT2D eigenvalue weighted by Gasteiger charge is 2.16. The van der Waals surface area contributed by atoms with Crippen molar-refractivity contribution in [3.05, 3.63) is 23.3 Å². The van der Waals surface area contributed by atoms with Gasteiger partial charge in [-0.15, -0.1) is 0 Å². The number of anilines is 1. The van der Waals surface area contributed by atoms with E-state index in [1.165, 1.54) is 0 Å². The lowest BCUT2D eigenvalue weighted by molar-refractivity contribution is 0.174. The predicted molar refractivity (Wildman–Crippen MR) is 61.8 cm³/mol. The van der Waals surface area contributed by atoms with Gasteiger partial charge in [-0.2, -0.15) is 0 Å². The molecule has 0 radical (unpaired) electrons. The van der Waals surface area contributed by atoms with Crippen molar-refractivity contribution in [1.29, 1.82) is 0 Å². The van der Waals surface area contributed by atoms with Crippen LogP contribution in [-0.4, -0.2) is 11.8 Å². The molecule has 3 rings (SSSR count). The number of benzene rings is 1. The second kappa shape index (κ2) is 3.01. The van der Waals surface area contributed by atoms with E-state index in [4.69, 9.17) is 15.2 Å². The first-order chi connectivity index (χ1) is 7.66. The largest absolute Gasteiger partial charge is 0.454 e. The molecule has 0 spiro atoms. The summed E-state index contributed by atoms with van der Waals surface area (Å²) >= 11 is 0. The lowest BCUT2D eigenvalue weighted by atomic mass is 10.0. The normalized spacial score (nSPS) is 13.4. The number of hydrogen-bond acceptors (Lipinski definition) is 4. The Kier molecular flexibility index (Phi) is 1.74. The van der Waals surface area contributed by atoms with Crippen molar-refractivity contribution in [2.45, 2.75) is 13.8 Å². The Labute approximate surface area is 93.0 Å². The van der Waals surface area contributed by atoms with Gasteiger partial charge < -0.3 is 15.2 Å². The van der Waals surface area contributed by atoms with Gasteiger partial charge in [0.25, 0.3) is 0 Å². The smallest absolute Gasteiger partial charge is 0.231 e. The van der Waals surface area contributed by atoms with Crippen LogP contribution in [0.5, 0.6) is 11.5 Å². The fraction of sp³-hybridized carbons (Fsp3) is 0.250. The van der Waals surface area contributed by atoms with Gasteiger partial charge in [0.2, 0.25) is 6.79 Å². The number of rotatable bonds is 0. The third-order valence-corrected chi connectivity index (χ3v) is 3.08. The highest BCUT2D eigenvalue weighted by molar-refractivity contribution is 5.88. The fourth-order valence-electron chi connectivity index (χ4n) is 1.93. The molecule has 4 heteroatoms. The lowest BCUT2D eigenvalue weighted by Crippen LogP contribution is -1.97. The Bertz CT molecular complexity index is 593. The predicted octanol–water partition coefficient (Wildman–Crippen LogP) is 2.16. The molecule has 1 aromatic carbocycles. The molecule has 0 fully saturated rings. The second-order valence-corrected chi connectivity index (χ2v) is 3.97. The van der Waals surface area contributed by atoms with Gasteiger partial charge in [0.05, 0.1) is 5.52 Å². The molecule has 4 nitrogen and oxygen atoms in total. The Balaban J connectivity index is 2.40. The van der Waals surface area contributed by atoms with Gasteiger partial charge in [0.15, 0.2) is 11.5 Å². The molecule has 2 heterocycles. The van der Waals surface area contributed by atoms with Crippen molar-refractivity contribution in [1.82, 2.24) is 4.98 Å². The van der Waals surface area contributed by atoms with Crippen LogP contribution in [0.15, 0.2) is 12.1 Å². The highest BCUT2D eigenvalue weighted by atomic mass is 16.7. The van der Waals surface area contributed by atoms with Crippen LogP contribution >= 0.6 is 0 Å². The minimum atomic E-state index is 0.277. The van der Waals surface area contributed by atoms with Crippen LogP contribution in [0.3, 0.4) is 0 Å². The zero-order valence-corrected chi connectivity index (χ0v) is 9.20. The van der Waals surface area contributed by atoms with Gasteiger partial charge in [-0.3, -0.25) is 0 Å². The summed E-state index contributed by atoms with van der Waals surface area (Å²) in [5.74, 6) is 2.09. The summed E-state index contributed by atoms with van der Waals surface area (Å²) in [7, 11) is 0. The molecule has 16 heavy (non-hydrogen) atoms. The first-order valence-electron chi connectivity index (χ1n) is 5.13. The van der Waals surface area contributed by atoms with Gasteiger partial charge in [-0.25, -0.2) is 4.98 Å². The first kappa shape index (κ1) is 9.27. The SMILES string of the molecule is Cc1c(N)nc2cc3c(cc2c1C)OCO3. The second-order valence-electron chi connectivity index (χ2n) is 3.97. The standard InChI is InChI=1S/C12H12N2O2/c1-6-7(2)12(13)14-9-4-11-10(3-8(6)9)15-5-16-11/h3-4H,5H2,1-2H3,(H2,13,14). The fourth-order valence-corrected chi connectivity index (χ4v) is 1.93. The lowest BCUT2D eigenvalue weighted by Gasteiger charge is -2.08. The number of nitrogen functional groups attached to an aromatic ring is 1. The van der Waals surface area contributed by atoms with E-state index in [0.29, 0.717) is 5.82 Å². The maximum atomic E-state index is 5.85. The van der Waals surface area contributed by atoms with Gasteiger partial charge in [-0.05, 0) is 31.0 Å². The number of nitrogens with two attached hydrogens (primary N) is 1. The van der Waals surface area contributed by atoms with Crippen molar-refractivity contribution in [3.63, 3.8) is 0 Å². The number of nitrogens with zero attached hydrogens (tertiary/aromatic N) is 1. The zero-order chi connectivity index (χ0) is 11.3. The number of ether oxygens (including phenoxy) is 2. The molecule has 0 saturated heterocycles. The average Bonchev–Trinajstić information content (AvgIpc) is 2.71. The molecule has 2 N–H and O–H groups in total. The van der Waals surface area contributed by atoms with E-state index < -0.39 is 0 Å². The molecule has 1 aliphatic rings. The topological polar surface area (TPSA) is 57.4 Å². The molecule has 2 aromatic rings. The molecular formula is C12H12N2O2. The average molecular weight is 216 g/mol. The van der Waals surface area contributed by atoms with E-state index in [1.54, 1.807) is 0 Å². The third kappa shape index (κ3) is 1.13. The summed E-state index contributed by atoms with van der Waals surface area (Å²) < 4.78 is 10.7. The van der Waals surface area contributed by atoms with Crippen LogP contribution in [0.1, 0.15) is 11.1 Å². The minimum Gasteiger partial charge on any atom is -0.454 e. The molecular weight excluding hydrogens is 204 g/mol. The molecule has 0 bridgehead atoms. The molecule has 82 valence electrons. The summed E-state index contributed by atoms with van der Waals surface area (Å²) in [5, 5.41) is 1.07. The Hall–Kier alpha value is -1.97. The van der Waals surface area contributed by atoms with E-state index in [1.807, 2.05) is 26.0 Å². The molecule has 0 unspecified atom stereocenters. The van der Waals surface area contributed by atoms with Gasteiger partial charge in [0, 0.05) is 11.5 Å². The van der Waals surface area contributed by atoms with E-state index in [0.717, 1.165) is 33.5 Å². The van der Waals surface area contributed by atoms with Crippen LogP contribution in [0, 0.1) is 13.8 Å². The molecule has 0 atom stereocenters. The quantitative estimate of drug-likeness (QED) is 0.733. The zero-order valence-electron chi connectivity index (χ0n) is 9.20. The van der Waals surface area contributed by atoms with E-state index in [2.05, 4.69) is 4.98 Å². The Morgan fingerprint density at radius 3 is 2.56 bits per heavy atom. The summed E-state index contributed by atoms with van der Waals surface area (Å²) in [6.07, 6.45) is 0. The van der Waals surface area contributed by atoms with Crippen molar-refractivity contribution in [2.24, 2.45) is 0 Å². The summed E-state index contributed by atoms with van der Waals surface area (Å²) in [4.78, 5) is 4.36. The highest BCUT2D eigenvalue weighted by Crippen LogP contribution is 2.37. The van der Waals surface area contributed by atoms with Crippen LogP contribution in [0.2, 0.25) is 0 Å². The minimum absolute atomic E-state index is 0.277. The van der Waals surface area contributed by atoms with Crippen LogP contribution in [0.4, 0.5) is 5.82 Å². The van der Waals surface area contributed by atoms with Gasteiger partial charge >= 0.3 is 0 Å².